The molecule has 0 saturated carbocycles. The highest BCUT2D eigenvalue weighted by Crippen LogP contribution is 2.23. The minimum atomic E-state index is -0.252. The van der Waals surface area contributed by atoms with E-state index in [-0.39, 0.29) is 11.8 Å². The third-order valence-electron chi connectivity index (χ3n) is 3.98. The molecule has 2 N–H and O–H groups in total. The molecule has 6 nitrogen and oxygen atoms in total. The Kier molecular flexibility index (Phi) is 5.47. The van der Waals surface area contributed by atoms with E-state index in [2.05, 4.69) is 15.6 Å². The number of amides is 2. The molecule has 136 valence electrons. The maximum Gasteiger partial charge on any atom is 0.257 e. The van der Waals surface area contributed by atoms with Gasteiger partial charge in [0.25, 0.3) is 5.91 Å². The number of carbonyl (C=O) groups is 2. The first-order chi connectivity index (χ1) is 13.0. The largest absolute Gasteiger partial charge is 0.343 e. The van der Waals surface area contributed by atoms with Crippen molar-refractivity contribution in [3.63, 3.8) is 0 Å². The minimum Gasteiger partial charge on any atom is -0.343 e. The zero-order valence-electron chi connectivity index (χ0n) is 15.1. The van der Waals surface area contributed by atoms with Gasteiger partial charge in [0.1, 0.15) is 0 Å². The van der Waals surface area contributed by atoms with Gasteiger partial charge < -0.3 is 15.5 Å². The Labute approximate surface area is 157 Å². The summed E-state index contributed by atoms with van der Waals surface area (Å²) in [6, 6.07) is 18.6. The van der Waals surface area contributed by atoms with Crippen molar-refractivity contribution < 1.29 is 9.59 Å². The van der Waals surface area contributed by atoms with Crippen LogP contribution in [0.5, 0.6) is 0 Å². The number of aromatic nitrogens is 1. The first kappa shape index (κ1) is 18.1. The van der Waals surface area contributed by atoms with E-state index in [1.54, 1.807) is 36.5 Å². The molecule has 6 heteroatoms. The fourth-order valence-electron chi connectivity index (χ4n) is 2.58. The van der Waals surface area contributed by atoms with Crippen LogP contribution in [0.1, 0.15) is 17.3 Å². The van der Waals surface area contributed by atoms with Gasteiger partial charge in [-0.3, -0.25) is 14.6 Å². The van der Waals surface area contributed by atoms with Gasteiger partial charge in [-0.05, 0) is 42.5 Å². The smallest absolute Gasteiger partial charge is 0.257 e. The average Bonchev–Trinajstić information content (AvgIpc) is 2.69. The molecule has 0 radical (unpaired) electrons. The van der Waals surface area contributed by atoms with Gasteiger partial charge in [0.05, 0.1) is 17.4 Å². The van der Waals surface area contributed by atoms with Gasteiger partial charge in [0.2, 0.25) is 5.91 Å². The molecule has 3 aromatic rings. The van der Waals surface area contributed by atoms with E-state index in [4.69, 9.17) is 0 Å². The molecular formula is C21H20N4O2. The molecular weight excluding hydrogens is 340 g/mol. The van der Waals surface area contributed by atoms with Crippen LogP contribution in [0, 0.1) is 0 Å². The van der Waals surface area contributed by atoms with Crippen LogP contribution in [-0.2, 0) is 4.79 Å². The van der Waals surface area contributed by atoms with Crippen molar-refractivity contribution in [2.24, 2.45) is 0 Å². The lowest BCUT2D eigenvalue weighted by Gasteiger charge is -2.19. The number of carbonyl (C=O) groups excluding carboxylic acids is 2. The number of hydrogen-bond acceptors (Lipinski definition) is 4. The summed E-state index contributed by atoms with van der Waals surface area (Å²) in [5, 5.41) is 5.52. The second kappa shape index (κ2) is 8.14. The maximum atomic E-state index is 12.5. The predicted octanol–water partition coefficient (Wildman–Crippen LogP) is 4.06. The molecule has 2 amide bonds. The van der Waals surface area contributed by atoms with Crippen molar-refractivity contribution in [1.82, 2.24) is 4.98 Å². The molecule has 0 unspecified atom stereocenters. The summed E-state index contributed by atoms with van der Waals surface area (Å²) in [5.74, 6) is -0.393. The summed E-state index contributed by atoms with van der Waals surface area (Å²) in [7, 11) is 1.93. The molecule has 27 heavy (non-hydrogen) atoms. The number of benzene rings is 2. The second-order valence-corrected chi connectivity index (χ2v) is 6.04. The molecule has 0 aliphatic rings. The summed E-state index contributed by atoms with van der Waals surface area (Å²) < 4.78 is 0. The Bertz CT molecular complexity index is 940. The summed E-state index contributed by atoms with van der Waals surface area (Å²) in [6.45, 7) is 1.45. The fraction of sp³-hybridized carbons (Fsp3) is 0.0952. The summed E-state index contributed by atoms with van der Waals surface area (Å²) in [6.07, 6.45) is 3.25. The van der Waals surface area contributed by atoms with Gasteiger partial charge in [-0.15, -0.1) is 0 Å². The van der Waals surface area contributed by atoms with E-state index in [1.165, 1.54) is 13.1 Å². The molecule has 3 rings (SSSR count). The van der Waals surface area contributed by atoms with Crippen LogP contribution in [0.2, 0.25) is 0 Å². The third-order valence-corrected chi connectivity index (χ3v) is 3.98. The van der Waals surface area contributed by atoms with Crippen molar-refractivity contribution in [2.75, 3.05) is 22.6 Å². The molecule has 1 heterocycles. The summed E-state index contributed by atoms with van der Waals surface area (Å²) in [5.41, 5.74) is 3.59. The van der Waals surface area contributed by atoms with Crippen molar-refractivity contribution in [1.29, 1.82) is 0 Å². The van der Waals surface area contributed by atoms with E-state index in [1.807, 2.05) is 42.3 Å². The predicted molar refractivity (Wildman–Crippen MR) is 107 cm³/mol. The Morgan fingerprint density at radius 3 is 2.11 bits per heavy atom. The monoisotopic (exact) mass is 360 g/mol. The lowest BCUT2D eigenvalue weighted by atomic mass is 10.2. The van der Waals surface area contributed by atoms with Gasteiger partial charge in [-0.2, -0.15) is 0 Å². The van der Waals surface area contributed by atoms with Gasteiger partial charge in [0.15, 0.2) is 0 Å². The molecule has 2 aromatic carbocycles. The van der Waals surface area contributed by atoms with Crippen molar-refractivity contribution in [3.05, 3.63) is 78.6 Å². The van der Waals surface area contributed by atoms with Gasteiger partial charge in [0, 0.05) is 37.2 Å². The highest BCUT2D eigenvalue weighted by atomic mass is 16.2. The van der Waals surface area contributed by atoms with E-state index in [0.29, 0.717) is 16.9 Å². The number of nitrogens with zero attached hydrogens (tertiary/aromatic N) is 2. The van der Waals surface area contributed by atoms with Crippen LogP contribution in [0.3, 0.4) is 0 Å². The lowest BCUT2D eigenvalue weighted by molar-refractivity contribution is -0.114. The van der Waals surface area contributed by atoms with Crippen LogP contribution < -0.4 is 15.5 Å². The minimum absolute atomic E-state index is 0.141. The second-order valence-electron chi connectivity index (χ2n) is 6.04. The van der Waals surface area contributed by atoms with E-state index in [0.717, 1.165) is 11.4 Å². The molecule has 0 spiro atoms. The maximum absolute atomic E-state index is 12.5. The van der Waals surface area contributed by atoms with Gasteiger partial charge in [-0.1, -0.05) is 18.2 Å². The number of rotatable bonds is 5. The van der Waals surface area contributed by atoms with Crippen LogP contribution in [-0.4, -0.2) is 23.8 Å². The number of para-hydroxylation sites is 1. The Hall–Kier alpha value is -3.67. The van der Waals surface area contributed by atoms with Crippen LogP contribution in [0.4, 0.5) is 22.7 Å². The topological polar surface area (TPSA) is 74.3 Å². The SMILES string of the molecule is CC(=O)Nc1ccc(NC(=O)c2cncc(N(C)c3ccccc3)c2)cc1. The summed E-state index contributed by atoms with van der Waals surface area (Å²) in [4.78, 5) is 29.8. The highest BCUT2D eigenvalue weighted by molar-refractivity contribution is 6.04. The van der Waals surface area contributed by atoms with Crippen molar-refractivity contribution in [3.8, 4) is 0 Å². The third kappa shape index (κ3) is 4.70. The summed E-state index contributed by atoms with van der Waals surface area (Å²) >= 11 is 0. The first-order valence-corrected chi connectivity index (χ1v) is 8.46. The standard InChI is InChI=1S/C21H20N4O2/c1-15(26)23-17-8-10-18(11-9-17)24-21(27)16-12-20(14-22-13-16)25(2)19-6-4-3-5-7-19/h3-14H,1-2H3,(H,23,26)(H,24,27). The van der Waals surface area contributed by atoms with Crippen LogP contribution in [0.25, 0.3) is 0 Å². The molecule has 0 bridgehead atoms. The lowest BCUT2D eigenvalue weighted by Crippen LogP contribution is -2.15. The highest BCUT2D eigenvalue weighted by Gasteiger charge is 2.10. The molecule has 0 aliphatic heterocycles. The number of hydrogen-bond donors (Lipinski definition) is 2. The quantitative estimate of drug-likeness (QED) is 0.719. The fourth-order valence-corrected chi connectivity index (χ4v) is 2.58. The first-order valence-electron chi connectivity index (χ1n) is 8.46. The molecule has 0 saturated heterocycles. The molecule has 0 aliphatic carbocycles. The zero-order valence-corrected chi connectivity index (χ0v) is 15.1. The van der Waals surface area contributed by atoms with Crippen molar-refractivity contribution in [2.45, 2.75) is 6.92 Å². The van der Waals surface area contributed by atoms with Gasteiger partial charge >= 0.3 is 0 Å². The molecule has 0 fully saturated rings. The van der Waals surface area contributed by atoms with E-state index >= 15 is 0 Å². The Morgan fingerprint density at radius 1 is 0.852 bits per heavy atom. The number of anilines is 4. The number of pyridine rings is 1. The van der Waals surface area contributed by atoms with Gasteiger partial charge in [-0.25, -0.2) is 0 Å². The average molecular weight is 360 g/mol. The van der Waals surface area contributed by atoms with E-state index < -0.39 is 0 Å². The molecule has 1 aromatic heterocycles. The Morgan fingerprint density at radius 2 is 1.48 bits per heavy atom. The Balaban J connectivity index is 1.73. The van der Waals surface area contributed by atoms with Crippen LogP contribution >= 0.6 is 0 Å². The number of nitrogens with one attached hydrogen (secondary N) is 2. The zero-order chi connectivity index (χ0) is 19.2. The normalized spacial score (nSPS) is 10.1. The van der Waals surface area contributed by atoms with E-state index in [9.17, 15) is 9.59 Å². The molecule has 0 atom stereocenters. The van der Waals surface area contributed by atoms with Crippen LogP contribution in [0.15, 0.2) is 73.1 Å². The van der Waals surface area contributed by atoms with Crippen molar-refractivity contribution >= 4 is 34.6 Å².